The molecule has 1 fully saturated rings. The molecule has 9 heteroatoms. The highest BCUT2D eigenvalue weighted by Gasteiger charge is 2.35. The maximum Gasteiger partial charge on any atom is 0.226 e. The Bertz CT molecular complexity index is 1620. The molecular weight excluding hydrogens is 552 g/mol. The molecule has 2 N–H and O–H groups in total. The third-order valence-corrected chi connectivity index (χ3v) is 9.93. The van der Waals surface area contributed by atoms with Crippen LogP contribution in [0.2, 0.25) is 0 Å². The SMILES string of the molecule is C/C=C(/F)c1sc(N)c(C#N)c1/C(=C(\C)CC)c1c2c(c3cnc(N4CCC(C)C4CCCCC)nc3c1F)COC2. The average molecular weight is 592 g/mol. The zero-order chi connectivity index (χ0) is 30.1. The lowest BCUT2D eigenvalue weighted by molar-refractivity contribution is 0.134. The summed E-state index contributed by atoms with van der Waals surface area (Å²) in [5.74, 6) is 0.0367. The zero-order valence-electron chi connectivity index (χ0n) is 25.1. The minimum Gasteiger partial charge on any atom is -0.389 e. The van der Waals surface area contributed by atoms with E-state index in [9.17, 15) is 5.26 Å². The van der Waals surface area contributed by atoms with E-state index in [1.807, 2.05) is 13.8 Å². The third kappa shape index (κ3) is 5.09. The van der Waals surface area contributed by atoms with Crippen molar-refractivity contribution in [1.82, 2.24) is 9.97 Å². The first-order valence-electron chi connectivity index (χ1n) is 15.0. The summed E-state index contributed by atoms with van der Waals surface area (Å²) in [5, 5.41) is 10.9. The second kappa shape index (κ2) is 12.5. The Morgan fingerprint density at radius 1 is 1.26 bits per heavy atom. The Morgan fingerprint density at radius 3 is 2.71 bits per heavy atom. The van der Waals surface area contributed by atoms with Gasteiger partial charge in [-0.2, -0.15) is 5.26 Å². The van der Waals surface area contributed by atoms with Gasteiger partial charge in [-0.1, -0.05) is 51.7 Å². The van der Waals surface area contributed by atoms with Gasteiger partial charge < -0.3 is 15.4 Å². The molecular formula is C33H39F2N5OS. The molecule has 6 nitrogen and oxygen atoms in total. The highest BCUT2D eigenvalue weighted by molar-refractivity contribution is 7.17. The summed E-state index contributed by atoms with van der Waals surface area (Å²) >= 11 is 1.01. The number of hydrogen-bond donors (Lipinski definition) is 1. The van der Waals surface area contributed by atoms with Crippen LogP contribution in [0.4, 0.5) is 19.7 Å². The van der Waals surface area contributed by atoms with E-state index in [1.165, 1.54) is 12.5 Å². The second-order valence-corrected chi connectivity index (χ2v) is 12.4. The second-order valence-electron chi connectivity index (χ2n) is 11.4. The number of fused-ring (bicyclic) bond motifs is 3. The van der Waals surface area contributed by atoms with Gasteiger partial charge in [0.2, 0.25) is 5.95 Å². The number of hydrogen-bond acceptors (Lipinski definition) is 7. The molecule has 42 heavy (non-hydrogen) atoms. The largest absolute Gasteiger partial charge is 0.389 e. The third-order valence-electron chi connectivity index (χ3n) is 8.91. The van der Waals surface area contributed by atoms with E-state index in [2.05, 4.69) is 24.8 Å². The summed E-state index contributed by atoms with van der Waals surface area (Å²) in [6, 6.07) is 2.47. The van der Waals surface area contributed by atoms with E-state index in [4.69, 9.17) is 20.4 Å². The van der Waals surface area contributed by atoms with Gasteiger partial charge in [-0.25, -0.2) is 18.7 Å². The van der Waals surface area contributed by atoms with Gasteiger partial charge in [0.25, 0.3) is 0 Å². The highest BCUT2D eigenvalue weighted by atomic mass is 32.1. The maximum atomic E-state index is 17.1. The molecule has 222 valence electrons. The summed E-state index contributed by atoms with van der Waals surface area (Å²) in [5.41, 5.74) is 10.1. The smallest absolute Gasteiger partial charge is 0.226 e. The first kappa shape index (κ1) is 30.1. The predicted octanol–water partition coefficient (Wildman–Crippen LogP) is 8.67. The van der Waals surface area contributed by atoms with Gasteiger partial charge in [-0.3, -0.25) is 0 Å². The summed E-state index contributed by atoms with van der Waals surface area (Å²) in [4.78, 5) is 12.1. The zero-order valence-corrected chi connectivity index (χ0v) is 25.9. The molecule has 1 aromatic carbocycles. The molecule has 5 rings (SSSR count). The molecule has 4 heterocycles. The van der Waals surface area contributed by atoms with E-state index in [-0.39, 0.29) is 27.6 Å². The molecule has 0 amide bonds. The number of nitriles is 1. The molecule has 0 saturated carbocycles. The molecule has 2 aliphatic heterocycles. The number of nitrogens with two attached hydrogens (primary N) is 1. The molecule has 3 aromatic rings. The number of benzene rings is 1. The van der Waals surface area contributed by atoms with E-state index in [1.54, 1.807) is 13.1 Å². The number of rotatable bonds is 9. The predicted molar refractivity (Wildman–Crippen MR) is 167 cm³/mol. The van der Waals surface area contributed by atoms with Crippen molar-refractivity contribution in [3.05, 3.63) is 56.4 Å². The van der Waals surface area contributed by atoms with E-state index in [0.29, 0.717) is 58.6 Å². The standard InChI is InChI=1S/C33H39F2N5OS/c1-6-9-10-11-25-19(5)12-13-40(25)33-38-15-21-22-16-41-17-23(22)27(29(35)30(21)39-33)26(18(4)7-2)28-20(14-36)32(37)42-31(28)24(34)8-3/h8,15,19,25H,6-7,9-13,16-17,37H2,1-5H3/b24-8+,26-18+. The van der Waals surface area contributed by atoms with Crippen LogP contribution >= 0.6 is 11.3 Å². The van der Waals surface area contributed by atoms with E-state index < -0.39 is 11.6 Å². The van der Waals surface area contributed by atoms with Crippen LogP contribution in [0.15, 0.2) is 17.8 Å². The Hall–Kier alpha value is -3.35. The van der Waals surface area contributed by atoms with Gasteiger partial charge in [-0.15, -0.1) is 11.3 Å². The first-order valence-corrected chi connectivity index (χ1v) is 15.8. The molecule has 0 bridgehead atoms. The number of aromatic nitrogens is 2. The number of nitrogen functional groups attached to an aromatic ring is 1. The fourth-order valence-electron chi connectivity index (χ4n) is 6.43. The molecule has 2 aliphatic rings. The Balaban J connectivity index is 1.76. The molecule has 0 aliphatic carbocycles. The Morgan fingerprint density at radius 2 is 2.02 bits per heavy atom. The molecule has 2 aromatic heterocycles. The number of allylic oxidation sites excluding steroid dienone is 2. The van der Waals surface area contributed by atoms with Crippen molar-refractivity contribution in [3.63, 3.8) is 0 Å². The Kier molecular flexibility index (Phi) is 8.95. The topological polar surface area (TPSA) is 88.1 Å². The number of halogens is 2. The highest BCUT2D eigenvalue weighted by Crippen LogP contribution is 2.47. The fraction of sp³-hybridized carbons (Fsp3) is 0.485. The number of thiophene rings is 1. The minimum atomic E-state index is -0.504. The average Bonchev–Trinajstić information content (AvgIpc) is 3.71. The van der Waals surface area contributed by atoms with Crippen molar-refractivity contribution in [1.29, 1.82) is 5.26 Å². The molecule has 1 saturated heterocycles. The van der Waals surface area contributed by atoms with Crippen LogP contribution in [0.25, 0.3) is 22.3 Å². The first-order chi connectivity index (χ1) is 20.3. The number of anilines is 2. The molecule has 2 atom stereocenters. The quantitative estimate of drug-likeness (QED) is 0.251. The van der Waals surface area contributed by atoms with Crippen LogP contribution < -0.4 is 10.6 Å². The molecule has 0 radical (unpaired) electrons. The Labute approximate surface area is 250 Å². The summed E-state index contributed by atoms with van der Waals surface area (Å²) in [6.07, 6.45) is 9.22. The van der Waals surface area contributed by atoms with Gasteiger partial charge in [-0.05, 0) is 55.7 Å². The van der Waals surface area contributed by atoms with Crippen LogP contribution in [-0.4, -0.2) is 22.6 Å². The van der Waals surface area contributed by atoms with Gasteiger partial charge in [0.05, 0.1) is 23.7 Å². The normalized spacial score (nSPS) is 19.4. The van der Waals surface area contributed by atoms with Crippen LogP contribution in [0, 0.1) is 23.1 Å². The van der Waals surface area contributed by atoms with Gasteiger partial charge >= 0.3 is 0 Å². The van der Waals surface area contributed by atoms with E-state index >= 15 is 8.78 Å². The van der Waals surface area contributed by atoms with Crippen LogP contribution in [0.3, 0.4) is 0 Å². The van der Waals surface area contributed by atoms with Crippen molar-refractivity contribution in [2.24, 2.45) is 5.92 Å². The van der Waals surface area contributed by atoms with Crippen molar-refractivity contribution in [3.8, 4) is 6.07 Å². The van der Waals surface area contributed by atoms with Gasteiger partial charge in [0.15, 0.2) is 5.82 Å². The van der Waals surface area contributed by atoms with E-state index in [0.717, 1.165) is 54.7 Å². The van der Waals surface area contributed by atoms with Crippen molar-refractivity contribution < 1.29 is 13.5 Å². The van der Waals surface area contributed by atoms with Gasteiger partial charge in [0.1, 0.15) is 22.4 Å². The number of nitrogens with zero attached hydrogens (tertiary/aromatic N) is 4. The molecule has 2 unspecified atom stereocenters. The fourth-order valence-corrected chi connectivity index (χ4v) is 7.42. The lowest BCUT2D eigenvalue weighted by atomic mass is 9.85. The van der Waals surface area contributed by atoms with Crippen LogP contribution in [0.5, 0.6) is 0 Å². The number of ether oxygens (including phenoxy) is 1. The maximum absolute atomic E-state index is 17.1. The van der Waals surface area contributed by atoms with Crippen molar-refractivity contribution >= 4 is 44.6 Å². The minimum absolute atomic E-state index is 0.159. The van der Waals surface area contributed by atoms with Crippen molar-refractivity contribution in [2.45, 2.75) is 92.4 Å². The van der Waals surface area contributed by atoms with Gasteiger partial charge in [0, 0.05) is 35.3 Å². The monoisotopic (exact) mass is 591 g/mol. The molecule has 0 spiro atoms. The summed E-state index contributed by atoms with van der Waals surface area (Å²) in [7, 11) is 0. The van der Waals surface area contributed by atoms with Crippen molar-refractivity contribution in [2.75, 3.05) is 17.2 Å². The lowest BCUT2D eigenvalue weighted by Gasteiger charge is -2.27. The van der Waals surface area contributed by atoms with Crippen LogP contribution in [0.1, 0.15) is 106 Å². The summed E-state index contributed by atoms with van der Waals surface area (Å²) in [6.45, 7) is 11.3. The number of unbranched alkanes of at least 4 members (excludes halogenated alkanes) is 2. The van der Waals surface area contributed by atoms with Crippen LogP contribution in [-0.2, 0) is 18.0 Å². The lowest BCUT2D eigenvalue weighted by Crippen LogP contribution is -2.33. The summed E-state index contributed by atoms with van der Waals surface area (Å²) < 4.78 is 38.2.